The van der Waals surface area contributed by atoms with Crippen LogP contribution in [-0.4, -0.2) is 26.5 Å². The Morgan fingerprint density at radius 3 is 2.56 bits per heavy atom. The molecule has 0 radical (unpaired) electrons. The van der Waals surface area contributed by atoms with Crippen molar-refractivity contribution in [1.29, 1.82) is 0 Å². The molecule has 0 bridgehead atoms. The van der Waals surface area contributed by atoms with Gasteiger partial charge in [-0.1, -0.05) is 78.0 Å². The lowest BCUT2D eigenvalue weighted by atomic mass is 9.81. The van der Waals surface area contributed by atoms with Crippen molar-refractivity contribution in [2.24, 2.45) is 0 Å². The zero-order valence-corrected chi connectivity index (χ0v) is 22.6. The Bertz CT molecular complexity index is 1670. The van der Waals surface area contributed by atoms with E-state index in [2.05, 4.69) is 95.9 Å². The van der Waals surface area contributed by atoms with Crippen molar-refractivity contribution in [3.63, 3.8) is 0 Å². The molecular weight excluding hydrogens is 504 g/mol. The van der Waals surface area contributed by atoms with Gasteiger partial charge in [-0.25, -0.2) is 4.68 Å². The van der Waals surface area contributed by atoms with Crippen molar-refractivity contribution in [1.82, 2.24) is 19.9 Å². The van der Waals surface area contributed by atoms with Crippen LogP contribution in [0.1, 0.15) is 66.4 Å². The van der Waals surface area contributed by atoms with E-state index in [-0.39, 0.29) is 17.0 Å². The highest BCUT2D eigenvalue weighted by Crippen LogP contribution is 2.39. The quantitative estimate of drug-likeness (QED) is 0.213. The summed E-state index contributed by atoms with van der Waals surface area (Å²) in [7, 11) is 0. The predicted molar refractivity (Wildman–Crippen MR) is 158 cm³/mol. The summed E-state index contributed by atoms with van der Waals surface area (Å²) >= 11 is 4.96. The van der Waals surface area contributed by atoms with E-state index >= 15 is 0 Å². The summed E-state index contributed by atoms with van der Waals surface area (Å²) in [6, 6.07) is 26.0. The summed E-state index contributed by atoms with van der Waals surface area (Å²) in [5, 5.41) is 9.74. The van der Waals surface area contributed by atoms with E-state index in [0.717, 1.165) is 35.9 Å². The van der Waals surface area contributed by atoms with Gasteiger partial charge in [0.1, 0.15) is 0 Å². The second kappa shape index (κ2) is 11.4. The standard InChI is InChI=1S/C32H30N4O2S/c1-2-27(23-8-4-3-5-9-23)31(24-14-11-22(12-15-24)13-18-29-34-32(39)38-35-29)25-16-17-28-26(20-25)21-33-36(28)30-10-6-7-19-37-30/h2-5,8-9,11-18,20-21,30-31H,6-7,10,19H2,1H3,(H,34,35,39)/b18-13?,27-2+. The normalized spacial score (nSPS) is 17.2. The van der Waals surface area contributed by atoms with Gasteiger partial charge in [0.15, 0.2) is 12.1 Å². The van der Waals surface area contributed by atoms with Crippen molar-refractivity contribution in [2.45, 2.75) is 38.3 Å². The number of hydrogen-bond acceptors (Lipinski definition) is 5. The highest BCUT2D eigenvalue weighted by Gasteiger charge is 2.23. The van der Waals surface area contributed by atoms with Crippen LogP contribution in [0.25, 0.3) is 28.6 Å². The molecule has 6 nitrogen and oxygen atoms in total. The van der Waals surface area contributed by atoms with E-state index in [1.165, 1.54) is 28.7 Å². The summed E-state index contributed by atoms with van der Waals surface area (Å²) in [5.74, 6) is 0.649. The lowest BCUT2D eigenvalue weighted by Gasteiger charge is -2.24. The molecule has 2 atom stereocenters. The second-order valence-corrected chi connectivity index (χ2v) is 10.1. The molecule has 0 spiro atoms. The van der Waals surface area contributed by atoms with Gasteiger partial charge in [-0.15, -0.1) is 0 Å². The van der Waals surface area contributed by atoms with Crippen LogP contribution in [0.5, 0.6) is 0 Å². The Labute approximate surface area is 232 Å². The Balaban J connectivity index is 1.38. The maximum Gasteiger partial charge on any atom is 0.295 e. The Morgan fingerprint density at radius 2 is 1.85 bits per heavy atom. The van der Waals surface area contributed by atoms with E-state index < -0.39 is 0 Å². The number of aromatic amines is 1. The van der Waals surface area contributed by atoms with Crippen molar-refractivity contribution >= 4 is 40.8 Å². The molecule has 1 fully saturated rings. The molecule has 6 rings (SSSR count). The van der Waals surface area contributed by atoms with E-state index in [1.54, 1.807) is 0 Å². The molecule has 3 heterocycles. The van der Waals surface area contributed by atoms with Gasteiger partial charge in [0.25, 0.3) is 4.84 Å². The maximum absolute atomic E-state index is 6.02. The van der Waals surface area contributed by atoms with Crippen LogP contribution in [0.2, 0.25) is 0 Å². The summed E-state index contributed by atoms with van der Waals surface area (Å²) < 4.78 is 13.0. The van der Waals surface area contributed by atoms with Crippen LogP contribution in [0.3, 0.4) is 0 Å². The number of nitrogens with one attached hydrogen (secondary N) is 1. The Kier molecular flexibility index (Phi) is 7.34. The average molecular weight is 535 g/mol. The first kappa shape index (κ1) is 25.2. The molecule has 1 N–H and O–H groups in total. The fraction of sp³-hybridized carbons (Fsp3) is 0.219. The van der Waals surface area contributed by atoms with Gasteiger partial charge in [0, 0.05) is 17.9 Å². The first-order valence-corrected chi connectivity index (χ1v) is 13.7. The molecule has 0 aliphatic carbocycles. The fourth-order valence-corrected chi connectivity index (χ4v) is 5.51. The fourth-order valence-electron chi connectivity index (χ4n) is 5.37. The molecule has 196 valence electrons. The first-order valence-electron chi connectivity index (χ1n) is 13.3. The number of hydrogen-bond donors (Lipinski definition) is 1. The highest BCUT2D eigenvalue weighted by molar-refractivity contribution is 7.71. The first-order chi connectivity index (χ1) is 19.2. The van der Waals surface area contributed by atoms with E-state index in [1.807, 2.05) is 23.0 Å². The van der Waals surface area contributed by atoms with Gasteiger partial charge >= 0.3 is 0 Å². The Morgan fingerprint density at radius 1 is 1.03 bits per heavy atom. The summed E-state index contributed by atoms with van der Waals surface area (Å²) in [6.45, 7) is 2.91. The molecular formula is C32H30N4O2S. The maximum atomic E-state index is 6.02. The van der Waals surface area contributed by atoms with Gasteiger partial charge in [-0.05, 0) is 84.4 Å². The minimum absolute atomic E-state index is 0.0152. The molecule has 0 amide bonds. The van der Waals surface area contributed by atoms with Crippen molar-refractivity contribution in [3.8, 4) is 0 Å². The topological polar surface area (TPSA) is 68.9 Å². The largest absolute Gasteiger partial charge is 0.356 e. The average Bonchev–Trinajstić information content (AvgIpc) is 3.61. The molecule has 1 saturated heterocycles. The van der Waals surface area contributed by atoms with Crippen LogP contribution in [0.15, 0.2) is 89.6 Å². The number of rotatable bonds is 7. The zero-order valence-electron chi connectivity index (χ0n) is 21.8. The highest BCUT2D eigenvalue weighted by atomic mass is 32.1. The number of benzene rings is 3. The molecule has 39 heavy (non-hydrogen) atoms. The Hall–Kier alpha value is -4.07. The van der Waals surface area contributed by atoms with Gasteiger partial charge in [-0.3, -0.25) is 4.98 Å². The minimum Gasteiger partial charge on any atom is -0.356 e. The number of nitrogens with zero attached hydrogens (tertiary/aromatic N) is 3. The third-order valence-corrected chi connectivity index (χ3v) is 7.45. The van der Waals surface area contributed by atoms with Crippen LogP contribution < -0.4 is 0 Å². The molecule has 7 heteroatoms. The van der Waals surface area contributed by atoms with Crippen molar-refractivity contribution in [3.05, 3.63) is 118 Å². The molecule has 1 aliphatic heterocycles. The smallest absolute Gasteiger partial charge is 0.295 e. The van der Waals surface area contributed by atoms with Crippen LogP contribution >= 0.6 is 12.2 Å². The van der Waals surface area contributed by atoms with Crippen molar-refractivity contribution in [2.75, 3.05) is 6.61 Å². The molecule has 2 unspecified atom stereocenters. The monoisotopic (exact) mass is 534 g/mol. The minimum atomic E-state index is 0.0152. The lowest BCUT2D eigenvalue weighted by molar-refractivity contribution is -0.0366. The van der Waals surface area contributed by atoms with E-state index in [9.17, 15) is 0 Å². The van der Waals surface area contributed by atoms with Gasteiger partial charge in [0.05, 0.1) is 11.7 Å². The van der Waals surface area contributed by atoms with Gasteiger partial charge in [-0.2, -0.15) is 5.10 Å². The van der Waals surface area contributed by atoms with Gasteiger partial charge < -0.3 is 9.26 Å². The molecule has 0 saturated carbocycles. The summed E-state index contributed by atoms with van der Waals surface area (Å²) in [5.41, 5.74) is 7.08. The lowest BCUT2D eigenvalue weighted by Crippen LogP contribution is -2.18. The molecule has 5 aromatic rings. The molecule has 3 aromatic carbocycles. The summed E-state index contributed by atoms with van der Waals surface area (Å²) in [6.07, 6.45) is 11.3. The number of aromatic nitrogens is 4. The second-order valence-electron chi connectivity index (χ2n) is 9.75. The van der Waals surface area contributed by atoms with Crippen molar-refractivity contribution < 1.29 is 9.26 Å². The number of H-pyrrole nitrogens is 1. The zero-order chi connectivity index (χ0) is 26.6. The number of fused-ring (bicyclic) bond motifs is 1. The third kappa shape index (κ3) is 5.41. The van der Waals surface area contributed by atoms with Crippen LogP contribution in [0, 0.1) is 4.84 Å². The number of ether oxygens (including phenoxy) is 1. The third-order valence-electron chi connectivity index (χ3n) is 7.27. The van der Waals surface area contributed by atoms with Crippen LogP contribution in [-0.2, 0) is 4.74 Å². The molecule has 2 aromatic heterocycles. The van der Waals surface area contributed by atoms with E-state index in [4.69, 9.17) is 26.6 Å². The predicted octanol–water partition coefficient (Wildman–Crippen LogP) is 8.19. The summed E-state index contributed by atoms with van der Waals surface area (Å²) in [4.78, 5) is 3.17. The van der Waals surface area contributed by atoms with E-state index in [0.29, 0.717) is 5.82 Å². The van der Waals surface area contributed by atoms with Gasteiger partial charge in [0.2, 0.25) is 0 Å². The van der Waals surface area contributed by atoms with Crippen LogP contribution in [0.4, 0.5) is 0 Å². The molecule has 1 aliphatic rings. The number of allylic oxidation sites excluding steroid dienone is 2. The SMILES string of the molecule is C/C=C(\c1ccccc1)C(c1ccc(C=Cc2noc(=S)[nH]2)cc1)c1ccc2c(cnn2C2CCCCO2)c1.